The fourth-order valence-corrected chi connectivity index (χ4v) is 3.04. The van der Waals surface area contributed by atoms with Crippen molar-refractivity contribution >= 4 is 11.8 Å². The third kappa shape index (κ3) is 5.69. The van der Waals surface area contributed by atoms with Crippen LogP contribution in [0.1, 0.15) is 39.4 Å². The third-order valence-corrected chi connectivity index (χ3v) is 4.92. The minimum absolute atomic E-state index is 0.00368. The summed E-state index contributed by atoms with van der Waals surface area (Å²) in [4.78, 5) is 24.6. The highest BCUT2D eigenvalue weighted by molar-refractivity contribution is 5.95. The van der Waals surface area contributed by atoms with Crippen LogP contribution in [0.4, 0.5) is 17.6 Å². The molecule has 3 aromatic rings. The number of carbonyl (C=O) groups excluding carboxylic acids is 2. The number of amides is 2. The van der Waals surface area contributed by atoms with Gasteiger partial charge in [0.2, 0.25) is 0 Å². The molecule has 1 aliphatic carbocycles. The first-order valence-corrected chi connectivity index (χ1v) is 10.3. The van der Waals surface area contributed by atoms with Crippen molar-refractivity contribution in [2.24, 2.45) is 0 Å². The van der Waals surface area contributed by atoms with Crippen molar-refractivity contribution in [2.45, 2.75) is 31.7 Å². The number of carbonyl (C=O) groups is 2. The second-order valence-corrected chi connectivity index (χ2v) is 7.61. The average molecular weight is 477 g/mol. The average Bonchev–Trinajstić information content (AvgIpc) is 3.52. The lowest BCUT2D eigenvalue weighted by Gasteiger charge is -2.12. The Morgan fingerprint density at radius 2 is 1.76 bits per heavy atom. The number of rotatable bonds is 8. The number of nitrogens with zero attached hydrogens (tertiary/aromatic N) is 3. The van der Waals surface area contributed by atoms with Gasteiger partial charge in [-0.1, -0.05) is 17.3 Å². The maximum atomic E-state index is 14.0. The lowest BCUT2D eigenvalue weighted by Crippen LogP contribution is -2.33. The quantitative estimate of drug-likeness (QED) is 0.486. The SMILES string of the molecule is O=C(NCC(F)(F)F)c1ccc(-n2nnc(C(=O)NC3CC3)c2COc2ccccc2F)cc1. The van der Waals surface area contributed by atoms with Gasteiger partial charge in [0.05, 0.1) is 5.69 Å². The molecule has 0 unspecified atom stereocenters. The summed E-state index contributed by atoms with van der Waals surface area (Å²) in [5.74, 6) is -1.96. The van der Waals surface area contributed by atoms with Gasteiger partial charge in [-0.25, -0.2) is 9.07 Å². The molecule has 2 N–H and O–H groups in total. The minimum atomic E-state index is -4.53. The summed E-state index contributed by atoms with van der Waals surface area (Å²) >= 11 is 0. The van der Waals surface area contributed by atoms with E-state index in [1.54, 1.807) is 11.4 Å². The molecule has 12 heteroatoms. The maximum absolute atomic E-state index is 14.0. The number of hydrogen-bond acceptors (Lipinski definition) is 5. The van der Waals surface area contributed by atoms with Gasteiger partial charge in [0.1, 0.15) is 18.8 Å². The van der Waals surface area contributed by atoms with Gasteiger partial charge < -0.3 is 15.4 Å². The Labute approximate surface area is 190 Å². The molecule has 4 rings (SSSR count). The maximum Gasteiger partial charge on any atom is 0.405 e. The molecule has 8 nitrogen and oxygen atoms in total. The van der Waals surface area contributed by atoms with E-state index in [9.17, 15) is 27.2 Å². The number of para-hydroxylation sites is 1. The molecular weight excluding hydrogens is 458 g/mol. The standard InChI is InChI=1S/C22H19F4N5O3/c23-16-3-1-2-4-18(16)34-11-17-19(21(33)28-14-7-8-14)29-30-31(17)15-9-5-13(6-10-15)20(32)27-12-22(24,25)26/h1-6,9-10,14H,7-8,11-12H2,(H,27,32)(H,28,33). The van der Waals surface area contributed by atoms with Crippen molar-refractivity contribution in [1.82, 2.24) is 25.6 Å². The Morgan fingerprint density at radius 3 is 2.41 bits per heavy atom. The first-order chi connectivity index (χ1) is 16.2. The molecule has 0 saturated heterocycles. The predicted molar refractivity (Wildman–Crippen MR) is 111 cm³/mol. The Bertz CT molecular complexity index is 1190. The molecule has 1 saturated carbocycles. The largest absolute Gasteiger partial charge is 0.484 e. The second kappa shape index (κ2) is 9.49. The minimum Gasteiger partial charge on any atom is -0.484 e. The van der Waals surface area contributed by atoms with E-state index < -0.39 is 30.4 Å². The van der Waals surface area contributed by atoms with Gasteiger partial charge in [0.25, 0.3) is 11.8 Å². The molecule has 1 fully saturated rings. The molecule has 0 aliphatic heterocycles. The van der Waals surface area contributed by atoms with Crippen molar-refractivity contribution in [3.8, 4) is 11.4 Å². The Kier molecular flexibility index (Phi) is 6.48. The highest BCUT2D eigenvalue weighted by Gasteiger charge is 2.29. The van der Waals surface area contributed by atoms with Crippen LogP contribution in [0.25, 0.3) is 5.69 Å². The van der Waals surface area contributed by atoms with Gasteiger partial charge in [-0.3, -0.25) is 9.59 Å². The number of ether oxygens (including phenoxy) is 1. The molecule has 1 aromatic heterocycles. The van der Waals surface area contributed by atoms with Crippen LogP contribution in [-0.4, -0.2) is 45.6 Å². The van der Waals surface area contributed by atoms with Crippen molar-refractivity contribution < 1.29 is 31.9 Å². The molecule has 0 atom stereocenters. The highest BCUT2D eigenvalue weighted by Crippen LogP contribution is 2.22. The van der Waals surface area contributed by atoms with Crippen molar-refractivity contribution in [2.75, 3.05) is 6.54 Å². The van der Waals surface area contributed by atoms with Gasteiger partial charge in [0, 0.05) is 11.6 Å². The summed E-state index contributed by atoms with van der Waals surface area (Å²) in [6.45, 7) is -1.69. The normalized spacial score (nSPS) is 13.4. The molecule has 0 spiro atoms. The fourth-order valence-electron chi connectivity index (χ4n) is 3.04. The van der Waals surface area contributed by atoms with E-state index in [0.717, 1.165) is 12.8 Å². The van der Waals surface area contributed by atoms with Crippen molar-refractivity contribution in [3.05, 3.63) is 71.3 Å². The lowest BCUT2D eigenvalue weighted by atomic mass is 10.2. The first-order valence-electron chi connectivity index (χ1n) is 10.3. The summed E-state index contributed by atoms with van der Waals surface area (Å²) in [7, 11) is 0. The molecule has 34 heavy (non-hydrogen) atoms. The summed E-state index contributed by atoms with van der Waals surface area (Å²) in [6, 6.07) is 11.3. The van der Waals surface area contributed by atoms with Crippen LogP contribution in [0, 0.1) is 5.82 Å². The molecule has 0 radical (unpaired) electrons. The number of halogens is 4. The summed E-state index contributed by atoms with van der Waals surface area (Å²) in [5.41, 5.74) is 0.604. The van der Waals surface area contributed by atoms with Crippen LogP contribution in [0.5, 0.6) is 5.75 Å². The van der Waals surface area contributed by atoms with Gasteiger partial charge in [-0.2, -0.15) is 13.2 Å². The molecule has 2 aromatic carbocycles. The zero-order valence-electron chi connectivity index (χ0n) is 17.6. The molecular formula is C22H19F4N5O3. The van der Waals surface area contributed by atoms with Crippen LogP contribution in [0.3, 0.4) is 0 Å². The third-order valence-electron chi connectivity index (χ3n) is 4.92. The molecule has 1 aliphatic rings. The van der Waals surface area contributed by atoms with Crippen molar-refractivity contribution in [1.29, 1.82) is 0 Å². The van der Waals surface area contributed by atoms with E-state index in [-0.39, 0.29) is 35.3 Å². The van der Waals surface area contributed by atoms with Crippen LogP contribution in [-0.2, 0) is 6.61 Å². The fraction of sp³-hybridized carbons (Fsp3) is 0.273. The van der Waals surface area contributed by atoms with Gasteiger partial charge in [-0.05, 0) is 49.2 Å². The topological polar surface area (TPSA) is 98.1 Å². The summed E-state index contributed by atoms with van der Waals surface area (Å²) < 4.78 is 57.8. The zero-order chi connectivity index (χ0) is 24.3. The highest BCUT2D eigenvalue weighted by atomic mass is 19.4. The van der Waals surface area contributed by atoms with E-state index in [1.807, 2.05) is 0 Å². The van der Waals surface area contributed by atoms with E-state index in [4.69, 9.17) is 4.74 Å². The Balaban J connectivity index is 1.57. The van der Waals surface area contributed by atoms with Crippen LogP contribution in [0.2, 0.25) is 0 Å². The van der Waals surface area contributed by atoms with Gasteiger partial charge in [-0.15, -0.1) is 5.10 Å². The van der Waals surface area contributed by atoms with E-state index in [1.165, 1.54) is 47.1 Å². The number of aromatic nitrogens is 3. The molecule has 178 valence electrons. The van der Waals surface area contributed by atoms with E-state index in [0.29, 0.717) is 5.69 Å². The Morgan fingerprint density at radius 1 is 1.06 bits per heavy atom. The summed E-state index contributed by atoms with van der Waals surface area (Å²) in [6.07, 6.45) is -2.81. The van der Waals surface area contributed by atoms with Crippen LogP contribution < -0.4 is 15.4 Å². The number of hydrogen-bond donors (Lipinski definition) is 2. The number of benzene rings is 2. The monoisotopic (exact) mass is 477 g/mol. The smallest absolute Gasteiger partial charge is 0.405 e. The number of alkyl halides is 3. The lowest BCUT2D eigenvalue weighted by molar-refractivity contribution is -0.123. The van der Waals surface area contributed by atoms with Crippen LogP contribution in [0.15, 0.2) is 48.5 Å². The van der Waals surface area contributed by atoms with Crippen LogP contribution >= 0.6 is 0 Å². The zero-order valence-corrected chi connectivity index (χ0v) is 17.6. The second-order valence-electron chi connectivity index (χ2n) is 7.61. The molecule has 0 bridgehead atoms. The summed E-state index contributed by atoms with van der Waals surface area (Å²) in [5, 5.41) is 12.5. The Hall–Kier alpha value is -3.96. The molecule has 1 heterocycles. The van der Waals surface area contributed by atoms with Gasteiger partial charge in [0.15, 0.2) is 17.3 Å². The van der Waals surface area contributed by atoms with E-state index >= 15 is 0 Å². The van der Waals surface area contributed by atoms with E-state index in [2.05, 4.69) is 15.6 Å². The predicted octanol–water partition coefficient (Wildman–Crippen LogP) is 3.17. The van der Waals surface area contributed by atoms with Gasteiger partial charge >= 0.3 is 6.18 Å². The first kappa shape index (κ1) is 23.2. The molecule has 2 amide bonds. The number of nitrogens with one attached hydrogen (secondary N) is 2. The van der Waals surface area contributed by atoms with Crippen molar-refractivity contribution in [3.63, 3.8) is 0 Å².